The van der Waals surface area contributed by atoms with Gasteiger partial charge in [-0.15, -0.1) is 0 Å². The van der Waals surface area contributed by atoms with Crippen molar-refractivity contribution in [3.05, 3.63) is 25.4 Å². The van der Waals surface area contributed by atoms with Gasteiger partial charge in [0.1, 0.15) is 0 Å². The maximum Gasteiger partial charge on any atom is 0.0490 e. The van der Waals surface area contributed by atoms with Crippen molar-refractivity contribution in [1.82, 2.24) is 10.2 Å². The van der Waals surface area contributed by atoms with E-state index in [0.29, 0.717) is 5.92 Å². The van der Waals surface area contributed by atoms with Gasteiger partial charge in [0, 0.05) is 11.9 Å². The quantitative estimate of drug-likeness (QED) is 0.728. The van der Waals surface area contributed by atoms with Gasteiger partial charge in [0.25, 0.3) is 0 Å². The molecule has 3 heteroatoms. The molecule has 0 amide bonds. The minimum Gasteiger partial charge on any atom is -0.358 e. The molecule has 0 spiro atoms. The van der Waals surface area contributed by atoms with E-state index in [2.05, 4.69) is 24.0 Å². The summed E-state index contributed by atoms with van der Waals surface area (Å²) in [5.41, 5.74) is 1.20. The molecule has 1 aromatic heterocycles. The van der Waals surface area contributed by atoms with Crippen molar-refractivity contribution in [1.29, 1.82) is 0 Å². The molecule has 2 nitrogen and oxygen atoms in total. The molecule has 1 heterocycles. The summed E-state index contributed by atoms with van der Waals surface area (Å²) in [7, 11) is 0. The number of H-pyrrole nitrogens is 1. The molecule has 10 heavy (non-hydrogen) atoms. The van der Waals surface area contributed by atoms with Crippen LogP contribution in [0, 0.1) is 7.43 Å². The van der Waals surface area contributed by atoms with Gasteiger partial charge in [0.2, 0.25) is 0 Å². The number of nitrogens with one attached hydrogen (secondary N) is 1. The van der Waals surface area contributed by atoms with Crippen molar-refractivity contribution in [2.45, 2.75) is 19.8 Å². The Hall–Kier alpha value is -1.79. The molecule has 1 aromatic rings. The average molecular weight is 392 g/mol. The smallest absolute Gasteiger partial charge is 0.0490 e. The van der Waals surface area contributed by atoms with Gasteiger partial charge in [0.15, 0.2) is 0 Å². The van der Waals surface area contributed by atoms with Crippen LogP contribution in [0.15, 0.2) is 12.3 Å². The van der Waals surface area contributed by atoms with Gasteiger partial charge in [-0.1, -0.05) is 13.8 Å². The van der Waals surface area contributed by atoms with E-state index in [9.17, 15) is 0 Å². The van der Waals surface area contributed by atoms with Gasteiger partial charge < -0.3 is 7.43 Å². The van der Waals surface area contributed by atoms with Crippen molar-refractivity contribution < 1.29 is 0 Å². The summed E-state index contributed by atoms with van der Waals surface area (Å²) in [6.07, 6.45) is 1.77. The molecular weight excluding hydrogens is 379 g/mol. The van der Waals surface area contributed by atoms with E-state index in [1.165, 1.54) is 5.69 Å². The molecule has 0 bridgehead atoms. The summed E-state index contributed by atoms with van der Waals surface area (Å²) in [6, 6.07) is 1.99. The van der Waals surface area contributed by atoms with Crippen molar-refractivity contribution in [2.75, 3.05) is 0 Å². The van der Waals surface area contributed by atoms with Gasteiger partial charge in [-0.25, -0.2) is 0 Å². The number of hydrogen-bond acceptors (Lipinski definition) is 1. The van der Waals surface area contributed by atoms with E-state index in [1.54, 1.807) is 6.20 Å². The summed E-state index contributed by atoms with van der Waals surface area (Å²) in [5, 5.41) is 6.70. The molecule has 0 radical (unpaired) electrons. The van der Waals surface area contributed by atoms with Crippen LogP contribution in [0.2, 0.25) is 0 Å². The first kappa shape index (κ1) is 11.1. The van der Waals surface area contributed by atoms with Crippen LogP contribution in [0.3, 0.4) is 0 Å². The molecular formula is C7H13N2Rf-. The van der Waals surface area contributed by atoms with Crippen molar-refractivity contribution in [3.8, 4) is 0 Å². The Labute approximate surface area is 56.3 Å². The third kappa shape index (κ3) is 1.99. The monoisotopic (exact) mass is 392 g/mol. The summed E-state index contributed by atoms with van der Waals surface area (Å²) < 4.78 is 0. The Bertz CT molecular complexity index is 147. The first-order chi connectivity index (χ1) is 3.80. The number of aromatic nitrogens is 2. The van der Waals surface area contributed by atoms with E-state index < -0.39 is 0 Å². The Balaban J connectivity index is 0. The number of nitrogens with zero attached hydrogens (tertiary/aromatic N) is 1. The molecule has 0 aliphatic rings. The number of hydrogen-bond donors (Lipinski definition) is 1. The van der Waals surface area contributed by atoms with Crippen molar-refractivity contribution in [3.63, 3.8) is 0 Å². The number of aromatic amines is 1. The summed E-state index contributed by atoms with van der Waals surface area (Å²) in [6.45, 7) is 4.26. The van der Waals surface area contributed by atoms with E-state index in [-0.39, 0.29) is 7.43 Å². The molecule has 0 atom stereocenters. The van der Waals surface area contributed by atoms with Crippen LogP contribution < -0.4 is 0 Å². The van der Waals surface area contributed by atoms with Crippen molar-refractivity contribution in [2.24, 2.45) is 0 Å². The van der Waals surface area contributed by atoms with E-state index in [1.807, 2.05) is 6.07 Å². The van der Waals surface area contributed by atoms with Crippen LogP contribution in [0.25, 0.3) is 0 Å². The fourth-order valence-corrected chi connectivity index (χ4v) is 0.588. The third-order valence-electron chi connectivity index (χ3n) is 1.14. The topological polar surface area (TPSA) is 28.7 Å². The molecule has 54 valence electrons. The summed E-state index contributed by atoms with van der Waals surface area (Å²) in [4.78, 5) is 0. The summed E-state index contributed by atoms with van der Waals surface area (Å²) >= 11 is 0. The maximum atomic E-state index is 3.82. The standard InChI is InChI=1S/C6H10N2.CH3.Rf/c1-5(2)6-3-4-7-8-6;;/h3-5H,1-2H3,(H,7,8);1H3;/q;-1;. The fourth-order valence-electron chi connectivity index (χ4n) is 0.588. The third-order valence-corrected chi connectivity index (χ3v) is 1.14. The maximum absolute atomic E-state index is 3.82. The van der Waals surface area contributed by atoms with Crippen LogP contribution in [0.1, 0.15) is 25.5 Å². The van der Waals surface area contributed by atoms with Crippen LogP contribution in [-0.2, 0) is 0 Å². The van der Waals surface area contributed by atoms with Crippen LogP contribution in [0.4, 0.5) is 0 Å². The molecule has 0 fully saturated rings. The molecule has 0 saturated heterocycles. The number of rotatable bonds is 1. The molecule has 0 aromatic carbocycles. The largest absolute Gasteiger partial charge is 0.358 e. The van der Waals surface area contributed by atoms with Crippen LogP contribution in [-0.4, -0.2) is 10.2 Å². The van der Waals surface area contributed by atoms with Crippen LogP contribution >= 0.6 is 0 Å². The molecule has 0 unspecified atom stereocenters. The molecule has 0 aliphatic carbocycles. The van der Waals surface area contributed by atoms with Gasteiger partial charge in [-0.3, -0.25) is 5.10 Å². The summed E-state index contributed by atoms with van der Waals surface area (Å²) in [5.74, 6) is 0.567. The zero-order chi connectivity index (χ0) is 5.98. The second-order valence-corrected chi connectivity index (χ2v) is 2.17. The fraction of sp³-hybridized carbons (Fsp3) is 0.429. The second-order valence-electron chi connectivity index (χ2n) is 2.17. The van der Waals surface area contributed by atoms with Gasteiger partial charge >= 0.3 is 0 Å². The van der Waals surface area contributed by atoms with E-state index in [4.69, 9.17) is 0 Å². The second kappa shape index (κ2) is 4.13. The molecule has 0 aliphatic heterocycles. The zero-order valence-corrected chi connectivity index (χ0v) is 13.3. The first-order valence-electron chi connectivity index (χ1n) is 2.80. The first-order valence-corrected chi connectivity index (χ1v) is 2.80. The Morgan fingerprint density at radius 1 is 1.50 bits per heavy atom. The molecule has 1 N–H and O–H groups in total. The average Bonchev–Trinajstić information content (AvgIpc) is 2.12. The van der Waals surface area contributed by atoms with E-state index in [0.717, 1.165) is 0 Å². The van der Waals surface area contributed by atoms with E-state index >= 15 is 0 Å². The minimum absolute atomic E-state index is 0. The van der Waals surface area contributed by atoms with Crippen LogP contribution in [0.5, 0.6) is 0 Å². The zero-order valence-electron chi connectivity index (χ0n) is 6.89. The Kier molecular flexibility index (Phi) is 4.57. The minimum atomic E-state index is 0. The van der Waals surface area contributed by atoms with Crippen molar-refractivity contribution >= 4 is 0 Å². The molecule has 1 rings (SSSR count). The molecule has 0 saturated carbocycles. The van der Waals surface area contributed by atoms with Gasteiger partial charge in [0.05, 0.1) is 0 Å². The predicted octanol–water partition coefficient (Wildman–Crippen LogP) is 1.98. The van der Waals surface area contributed by atoms with Gasteiger partial charge in [-0.05, 0) is 12.0 Å². The Morgan fingerprint density at radius 3 is 2.30 bits per heavy atom. The van der Waals surface area contributed by atoms with Gasteiger partial charge in [-0.2, -0.15) is 5.10 Å². The normalized spacial score (nSPS) is 8.30. The SMILES string of the molecule is CC(C)c1ccn[nH]1.[CH3-].[Rf]. The Morgan fingerprint density at radius 2 is 2.10 bits per heavy atom. The predicted molar refractivity (Wildman–Crippen MR) is 39.1 cm³/mol.